The van der Waals surface area contributed by atoms with Gasteiger partial charge in [-0.15, -0.1) is 0 Å². The summed E-state index contributed by atoms with van der Waals surface area (Å²) in [4.78, 5) is 24.5. The molecule has 5 heteroatoms. The van der Waals surface area contributed by atoms with Gasteiger partial charge in [0.25, 0.3) is 5.91 Å². The van der Waals surface area contributed by atoms with E-state index in [1.165, 1.54) is 6.92 Å². The number of nitrogens with one attached hydrogen (secondary N) is 2. The van der Waals surface area contributed by atoms with Crippen molar-refractivity contribution in [3.63, 3.8) is 0 Å². The molecule has 0 radical (unpaired) electrons. The van der Waals surface area contributed by atoms with Gasteiger partial charge in [0.15, 0.2) is 0 Å². The molecule has 0 aliphatic carbocycles. The van der Waals surface area contributed by atoms with Gasteiger partial charge >= 0.3 is 0 Å². The average Bonchev–Trinajstić information content (AvgIpc) is 2.49. The summed E-state index contributed by atoms with van der Waals surface area (Å²) in [5.41, 5.74) is 1.42. The van der Waals surface area contributed by atoms with Gasteiger partial charge in [-0.25, -0.2) is 0 Å². The van der Waals surface area contributed by atoms with Gasteiger partial charge in [0, 0.05) is 35.0 Å². The Morgan fingerprint density at radius 1 is 0.905 bits per heavy atom. The predicted octanol–water partition coefficient (Wildman–Crippen LogP) is 3.16. The molecule has 21 heavy (non-hydrogen) atoms. The minimum atomic E-state index is -0.0915. The first-order valence-corrected chi connectivity index (χ1v) is 7.28. The molecule has 0 saturated carbocycles. The van der Waals surface area contributed by atoms with Crippen LogP contribution in [0.4, 0.5) is 5.69 Å². The van der Waals surface area contributed by atoms with Gasteiger partial charge < -0.3 is 10.6 Å². The molecule has 0 fully saturated rings. The maximum absolute atomic E-state index is 11.5. The van der Waals surface area contributed by atoms with Crippen LogP contribution in [0.1, 0.15) is 17.3 Å². The van der Waals surface area contributed by atoms with Crippen molar-refractivity contribution in [3.05, 3.63) is 54.1 Å². The SMILES string of the molecule is CNC(=O)c1ccc(Sc2ccc(NC(C)=O)cc2)cc1. The lowest BCUT2D eigenvalue weighted by atomic mass is 10.2. The molecule has 2 aromatic carbocycles. The topological polar surface area (TPSA) is 58.2 Å². The number of rotatable bonds is 4. The zero-order valence-corrected chi connectivity index (χ0v) is 12.7. The van der Waals surface area contributed by atoms with Gasteiger partial charge in [0.05, 0.1) is 0 Å². The molecule has 108 valence electrons. The van der Waals surface area contributed by atoms with Crippen molar-refractivity contribution in [1.29, 1.82) is 0 Å². The molecule has 0 spiro atoms. The fourth-order valence-electron chi connectivity index (χ4n) is 1.76. The van der Waals surface area contributed by atoms with E-state index in [0.717, 1.165) is 15.5 Å². The van der Waals surface area contributed by atoms with Crippen LogP contribution in [0.2, 0.25) is 0 Å². The van der Waals surface area contributed by atoms with E-state index in [1.807, 2.05) is 36.4 Å². The Balaban J connectivity index is 2.04. The number of carbonyl (C=O) groups excluding carboxylic acids is 2. The molecule has 0 atom stereocenters. The molecule has 0 saturated heterocycles. The number of carbonyl (C=O) groups is 2. The van der Waals surface area contributed by atoms with E-state index in [0.29, 0.717) is 5.56 Å². The molecule has 0 bridgehead atoms. The fourth-order valence-corrected chi connectivity index (χ4v) is 2.58. The maximum atomic E-state index is 11.5. The highest BCUT2D eigenvalue weighted by molar-refractivity contribution is 7.99. The number of amides is 2. The molecule has 0 aliphatic rings. The predicted molar refractivity (Wildman–Crippen MR) is 84.7 cm³/mol. The van der Waals surface area contributed by atoms with E-state index in [-0.39, 0.29) is 11.8 Å². The summed E-state index contributed by atoms with van der Waals surface area (Å²) in [5, 5.41) is 5.32. The summed E-state index contributed by atoms with van der Waals surface area (Å²) in [5.74, 6) is -0.175. The summed E-state index contributed by atoms with van der Waals surface area (Å²) in [6.07, 6.45) is 0. The van der Waals surface area contributed by atoms with Crippen LogP contribution in [-0.2, 0) is 4.79 Å². The first-order chi connectivity index (χ1) is 10.1. The third-order valence-corrected chi connectivity index (χ3v) is 3.77. The molecule has 4 nitrogen and oxygen atoms in total. The third-order valence-electron chi connectivity index (χ3n) is 2.75. The first-order valence-electron chi connectivity index (χ1n) is 6.46. The Morgan fingerprint density at radius 2 is 1.43 bits per heavy atom. The highest BCUT2D eigenvalue weighted by Gasteiger charge is 2.03. The van der Waals surface area contributed by atoms with Crippen LogP contribution in [-0.4, -0.2) is 18.9 Å². The molecule has 0 heterocycles. The van der Waals surface area contributed by atoms with Crippen LogP contribution < -0.4 is 10.6 Å². The second kappa shape index (κ2) is 6.95. The lowest BCUT2D eigenvalue weighted by Crippen LogP contribution is -2.17. The van der Waals surface area contributed by atoms with Gasteiger partial charge in [-0.05, 0) is 48.5 Å². The lowest BCUT2D eigenvalue weighted by molar-refractivity contribution is -0.114. The molecule has 2 N–H and O–H groups in total. The van der Waals surface area contributed by atoms with Crippen LogP contribution in [0.3, 0.4) is 0 Å². The number of anilines is 1. The van der Waals surface area contributed by atoms with Gasteiger partial charge in [0.2, 0.25) is 5.91 Å². The summed E-state index contributed by atoms with van der Waals surface area (Å²) in [6.45, 7) is 1.48. The van der Waals surface area contributed by atoms with Crippen molar-refractivity contribution in [1.82, 2.24) is 5.32 Å². The van der Waals surface area contributed by atoms with Crippen molar-refractivity contribution in [2.75, 3.05) is 12.4 Å². The highest BCUT2D eigenvalue weighted by atomic mass is 32.2. The number of benzene rings is 2. The zero-order valence-electron chi connectivity index (χ0n) is 11.8. The second-order valence-corrected chi connectivity index (χ2v) is 5.56. The van der Waals surface area contributed by atoms with Crippen LogP contribution in [0.25, 0.3) is 0 Å². The van der Waals surface area contributed by atoms with E-state index >= 15 is 0 Å². The molecule has 0 aliphatic heterocycles. The Kier molecular flexibility index (Phi) is 5.00. The standard InChI is InChI=1S/C16H16N2O2S/c1-11(19)18-13-5-9-15(10-6-13)21-14-7-3-12(4-8-14)16(20)17-2/h3-10H,1-2H3,(H,17,20)(H,18,19). The van der Waals surface area contributed by atoms with Crippen molar-refractivity contribution < 1.29 is 9.59 Å². The summed E-state index contributed by atoms with van der Waals surface area (Å²) >= 11 is 1.60. The molecule has 0 aromatic heterocycles. The molecular weight excluding hydrogens is 284 g/mol. The normalized spacial score (nSPS) is 10.0. The van der Waals surface area contributed by atoms with Crippen molar-refractivity contribution in [3.8, 4) is 0 Å². The van der Waals surface area contributed by atoms with E-state index in [1.54, 1.807) is 30.9 Å². The van der Waals surface area contributed by atoms with Crippen LogP contribution >= 0.6 is 11.8 Å². The number of hydrogen-bond acceptors (Lipinski definition) is 3. The van der Waals surface area contributed by atoms with Gasteiger partial charge in [0.1, 0.15) is 0 Å². The van der Waals surface area contributed by atoms with Crippen molar-refractivity contribution >= 4 is 29.3 Å². The largest absolute Gasteiger partial charge is 0.355 e. The van der Waals surface area contributed by atoms with E-state index in [9.17, 15) is 9.59 Å². The van der Waals surface area contributed by atoms with Crippen molar-refractivity contribution in [2.45, 2.75) is 16.7 Å². The smallest absolute Gasteiger partial charge is 0.251 e. The number of hydrogen-bond donors (Lipinski definition) is 2. The molecule has 2 rings (SSSR count). The van der Waals surface area contributed by atoms with Crippen LogP contribution in [0.15, 0.2) is 58.3 Å². The quantitative estimate of drug-likeness (QED) is 0.912. The molecule has 2 aromatic rings. The van der Waals surface area contributed by atoms with Gasteiger partial charge in [-0.3, -0.25) is 9.59 Å². The van der Waals surface area contributed by atoms with E-state index in [4.69, 9.17) is 0 Å². The molecule has 2 amide bonds. The van der Waals surface area contributed by atoms with Crippen LogP contribution in [0, 0.1) is 0 Å². The minimum absolute atomic E-state index is 0.0832. The van der Waals surface area contributed by atoms with E-state index < -0.39 is 0 Å². The van der Waals surface area contributed by atoms with Crippen molar-refractivity contribution in [2.24, 2.45) is 0 Å². The Morgan fingerprint density at radius 3 is 1.90 bits per heavy atom. The van der Waals surface area contributed by atoms with E-state index in [2.05, 4.69) is 10.6 Å². The summed E-state index contributed by atoms with van der Waals surface area (Å²) in [6, 6.07) is 15.0. The maximum Gasteiger partial charge on any atom is 0.251 e. The first kappa shape index (κ1) is 15.1. The fraction of sp³-hybridized carbons (Fsp3) is 0.125. The van der Waals surface area contributed by atoms with Crippen LogP contribution in [0.5, 0.6) is 0 Å². The Bertz CT molecular complexity index is 636. The molecule has 0 unspecified atom stereocenters. The van der Waals surface area contributed by atoms with Gasteiger partial charge in [-0.1, -0.05) is 11.8 Å². The third kappa shape index (κ3) is 4.36. The lowest BCUT2D eigenvalue weighted by Gasteiger charge is -2.05. The second-order valence-electron chi connectivity index (χ2n) is 4.41. The zero-order chi connectivity index (χ0) is 15.2. The Hall–Kier alpha value is -2.27. The minimum Gasteiger partial charge on any atom is -0.355 e. The average molecular weight is 300 g/mol. The van der Waals surface area contributed by atoms with Gasteiger partial charge in [-0.2, -0.15) is 0 Å². The molecular formula is C16H16N2O2S. The summed E-state index contributed by atoms with van der Waals surface area (Å²) in [7, 11) is 1.61. The highest BCUT2D eigenvalue weighted by Crippen LogP contribution is 2.28. The summed E-state index contributed by atoms with van der Waals surface area (Å²) < 4.78 is 0. The Labute approximate surface area is 127 Å². The monoisotopic (exact) mass is 300 g/mol.